The molecule has 0 N–H and O–H groups in total. The van der Waals surface area contributed by atoms with Crippen molar-refractivity contribution in [2.75, 3.05) is 0 Å². The summed E-state index contributed by atoms with van der Waals surface area (Å²) in [5.41, 5.74) is 1.46. The average molecular weight is 282 g/mol. The molecule has 2 nitrogen and oxygen atoms in total. The lowest BCUT2D eigenvalue weighted by Crippen LogP contribution is -2.05. The molecule has 0 aliphatic heterocycles. The van der Waals surface area contributed by atoms with Crippen molar-refractivity contribution in [1.82, 2.24) is 9.97 Å². The highest BCUT2D eigenvalue weighted by Crippen LogP contribution is 2.29. The maximum Gasteiger partial charge on any atom is 0.416 e. The number of benzene rings is 1. The third kappa shape index (κ3) is 4.64. The van der Waals surface area contributed by atoms with Crippen molar-refractivity contribution in [3.8, 4) is 0 Å². The zero-order chi connectivity index (χ0) is 15.2. The van der Waals surface area contributed by atoms with Crippen LogP contribution in [0.15, 0.2) is 36.7 Å². The van der Waals surface area contributed by atoms with E-state index >= 15 is 0 Å². The number of hydrogen-bond donors (Lipinski definition) is 0. The largest absolute Gasteiger partial charge is 0.416 e. The van der Waals surface area contributed by atoms with Gasteiger partial charge in [0, 0.05) is 17.8 Å². The summed E-state index contributed by atoms with van der Waals surface area (Å²) in [4.78, 5) is 7.98. The second-order valence-corrected chi connectivity index (χ2v) is 4.03. The van der Waals surface area contributed by atoms with E-state index < -0.39 is 11.7 Å². The van der Waals surface area contributed by atoms with E-state index in [1.807, 2.05) is 20.8 Å². The van der Waals surface area contributed by atoms with Crippen LogP contribution in [0.3, 0.4) is 0 Å². The quantitative estimate of drug-likeness (QED) is 0.814. The Morgan fingerprint density at radius 3 is 2.35 bits per heavy atom. The molecule has 0 saturated heterocycles. The van der Waals surface area contributed by atoms with E-state index in [0.717, 1.165) is 17.8 Å². The van der Waals surface area contributed by atoms with Crippen molar-refractivity contribution >= 4 is 0 Å². The normalized spacial score (nSPS) is 10.7. The molecule has 108 valence electrons. The van der Waals surface area contributed by atoms with Crippen LogP contribution in [0, 0.1) is 6.92 Å². The molecule has 2 aromatic rings. The number of hydrogen-bond acceptors (Lipinski definition) is 2. The standard InChI is InChI=1S/C13H11F3N2.C2H6/c1-9-5-12(18-8-17-9)7-10-3-2-4-11(6-10)13(14,15)16;1-2/h2-6,8H,7H2,1H3;1-2H3. The van der Waals surface area contributed by atoms with Gasteiger partial charge in [0.1, 0.15) is 6.33 Å². The molecule has 0 amide bonds. The van der Waals surface area contributed by atoms with E-state index in [2.05, 4.69) is 9.97 Å². The van der Waals surface area contributed by atoms with Gasteiger partial charge in [0.15, 0.2) is 0 Å². The van der Waals surface area contributed by atoms with Crippen LogP contribution in [-0.2, 0) is 12.6 Å². The smallest absolute Gasteiger partial charge is 0.242 e. The minimum absolute atomic E-state index is 0.368. The third-order valence-corrected chi connectivity index (χ3v) is 2.50. The number of nitrogens with zero attached hydrogens (tertiary/aromatic N) is 2. The summed E-state index contributed by atoms with van der Waals surface area (Å²) in [6, 6.07) is 7.05. The molecule has 2 rings (SSSR count). The molecule has 0 bridgehead atoms. The van der Waals surface area contributed by atoms with E-state index in [4.69, 9.17) is 0 Å². The fraction of sp³-hybridized carbons (Fsp3) is 0.333. The summed E-state index contributed by atoms with van der Waals surface area (Å²) in [6.45, 7) is 5.82. The van der Waals surface area contributed by atoms with Crippen LogP contribution in [0.25, 0.3) is 0 Å². The Bertz CT molecular complexity index is 551. The Morgan fingerprint density at radius 2 is 1.75 bits per heavy atom. The fourth-order valence-corrected chi connectivity index (χ4v) is 1.67. The molecule has 0 fully saturated rings. The van der Waals surface area contributed by atoms with Crippen molar-refractivity contribution in [2.45, 2.75) is 33.4 Å². The Labute approximate surface area is 116 Å². The van der Waals surface area contributed by atoms with Gasteiger partial charge in [-0.25, -0.2) is 9.97 Å². The monoisotopic (exact) mass is 282 g/mol. The Balaban J connectivity index is 0.000000956. The molecule has 0 unspecified atom stereocenters. The van der Waals surface area contributed by atoms with Crippen LogP contribution in [-0.4, -0.2) is 9.97 Å². The SMILES string of the molecule is CC.Cc1cc(Cc2cccc(C(F)(F)F)c2)ncn1. The van der Waals surface area contributed by atoms with Crippen molar-refractivity contribution in [1.29, 1.82) is 0 Å². The Kier molecular flexibility index (Phi) is 5.67. The van der Waals surface area contributed by atoms with E-state index in [1.54, 1.807) is 12.1 Å². The summed E-state index contributed by atoms with van der Waals surface area (Å²) < 4.78 is 37.6. The number of halogens is 3. The molecule has 0 aliphatic carbocycles. The predicted molar refractivity (Wildman–Crippen MR) is 72.4 cm³/mol. The number of aromatic nitrogens is 2. The molecule has 1 heterocycles. The molecule has 0 atom stereocenters. The van der Waals surface area contributed by atoms with E-state index in [9.17, 15) is 13.2 Å². The van der Waals surface area contributed by atoms with E-state index in [-0.39, 0.29) is 0 Å². The van der Waals surface area contributed by atoms with Gasteiger partial charge in [-0.1, -0.05) is 32.0 Å². The maximum absolute atomic E-state index is 12.5. The molecule has 1 aromatic heterocycles. The summed E-state index contributed by atoms with van der Waals surface area (Å²) in [7, 11) is 0. The van der Waals surface area contributed by atoms with Gasteiger partial charge < -0.3 is 0 Å². The van der Waals surface area contributed by atoms with Crippen molar-refractivity contribution < 1.29 is 13.2 Å². The molecule has 1 aromatic carbocycles. The summed E-state index contributed by atoms with van der Waals surface area (Å²) in [6.07, 6.45) is -2.52. The highest BCUT2D eigenvalue weighted by molar-refractivity contribution is 5.28. The van der Waals surface area contributed by atoms with Crippen molar-refractivity contribution in [2.24, 2.45) is 0 Å². The highest BCUT2D eigenvalue weighted by atomic mass is 19.4. The molecule has 0 radical (unpaired) electrons. The molecular formula is C15H17F3N2. The maximum atomic E-state index is 12.5. The zero-order valence-corrected chi connectivity index (χ0v) is 11.7. The first-order valence-corrected chi connectivity index (χ1v) is 6.39. The van der Waals surface area contributed by atoms with Gasteiger partial charge >= 0.3 is 6.18 Å². The van der Waals surface area contributed by atoms with Gasteiger partial charge in [0.05, 0.1) is 5.56 Å². The van der Waals surface area contributed by atoms with Crippen LogP contribution < -0.4 is 0 Å². The second-order valence-electron chi connectivity index (χ2n) is 4.03. The van der Waals surface area contributed by atoms with Crippen molar-refractivity contribution in [3.63, 3.8) is 0 Å². The number of rotatable bonds is 2. The fourth-order valence-electron chi connectivity index (χ4n) is 1.67. The number of aryl methyl sites for hydroxylation is 1. The van der Waals surface area contributed by atoms with Crippen molar-refractivity contribution in [3.05, 3.63) is 59.2 Å². The summed E-state index contributed by atoms with van der Waals surface area (Å²) >= 11 is 0. The topological polar surface area (TPSA) is 25.8 Å². The summed E-state index contributed by atoms with van der Waals surface area (Å²) in [5.74, 6) is 0. The zero-order valence-electron chi connectivity index (χ0n) is 11.7. The molecule has 0 spiro atoms. The molecule has 5 heteroatoms. The van der Waals surface area contributed by atoms with Gasteiger partial charge in [-0.2, -0.15) is 13.2 Å². The Morgan fingerprint density at radius 1 is 1.05 bits per heavy atom. The molecule has 20 heavy (non-hydrogen) atoms. The second kappa shape index (κ2) is 7.03. The van der Waals surface area contributed by atoms with Gasteiger partial charge in [0.25, 0.3) is 0 Å². The van der Waals surface area contributed by atoms with Gasteiger partial charge in [-0.15, -0.1) is 0 Å². The average Bonchev–Trinajstić information content (AvgIpc) is 2.40. The van der Waals surface area contributed by atoms with E-state index in [0.29, 0.717) is 17.7 Å². The lowest BCUT2D eigenvalue weighted by molar-refractivity contribution is -0.137. The van der Waals surface area contributed by atoms with Crippen LogP contribution in [0.1, 0.15) is 36.4 Å². The minimum atomic E-state index is -4.31. The van der Waals surface area contributed by atoms with Gasteiger partial charge in [-0.05, 0) is 24.6 Å². The van der Waals surface area contributed by atoms with E-state index in [1.165, 1.54) is 12.4 Å². The van der Waals surface area contributed by atoms with Gasteiger partial charge in [-0.3, -0.25) is 0 Å². The first-order chi connectivity index (χ1) is 9.45. The minimum Gasteiger partial charge on any atom is -0.242 e. The third-order valence-electron chi connectivity index (χ3n) is 2.50. The van der Waals surface area contributed by atoms with Crippen LogP contribution in [0.5, 0.6) is 0 Å². The number of alkyl halides is 3. The first kappa shape index (κ1) is 16.1. The van der Waals surface area contributed by atoms with Crippen LogP contribution in [0.4, 0.5) is 13.2 Å². The van der Waals surface area contributed by atoms with Crippen LogP contribution >= 0.6 is 0 Å². The highest BCUT2D eigenvalue weighted by Gasteiger charge is 2.30. The summed E-state index contributed by atoms with van der Waals surface area (Å²) in [5, 5.41) is 0. The first-order valence-electron chi connectivity index (χ1n) is 6.39. The van der Waals surface area contributed by atoms with Crippen LogP contribution in [0.2, 0.25) is 0 Å². The predicted octanol–water partition coefficient (Wildman–Crippen LogP) is 4.42. The van der Waals surface area contributed by atoms with Gasteiger partial charge in [0.2, 0.25) is 0 Å². The lowest BCUT2D eigenvalue weighted by Gasteiger charge is -2.08. The molecule has 0 saturated carbocycles. The lowest BCUT2D eigenvalue weighted by atomic mass is 10.1. The molecular weight excluding hydrogens is 265 g/mol. The molecule has 0 aliphatic rings. The Hall–Kier alpha value is -1.91.